The molecule has 0 bridgehead atoms. The molecule has 2 N–H and O–H groups in total. The summed E-state index contributed by atoms with van der Waals surface area (Å²) >= 11 is 0. The van der Waals surface area contributed by atoms with Crippen LogP contribution in [-0.2, 0) is 0 Å². The lowest BCUT2D eigenvalue weighted by Crippen LogP contribution is -2.68. The molecule has 0 aromatic carbocycles. The van der Waals surface area contributed by atoms with Crippen LogP contribution in [0.25, 0.3) is 5.57 Å². The molecule has 1 aliphatic heterocycles. The summed E-state index contributed by atoms with van der Waals surface area (Å²) in [5, 5.41) is 0. The molecule has 116 valence electrons. The molecular formula is C20H27N2+. The van der Waals surface area contributed by atoms with Gasteiger partial charge in [0.1, 0.15) is 0 Å². The van der Waals surface area contributed by atoms with E-state index in [1.807, 2.05) is 0 Å². The van der Waals surface area contributed by atoms with E-state index in [4.69, 9.17) is 0 Å². The number of aryl methyl sites for hydroxylation is 1. The van der Waals surface area contributed by atoms with Gasteiger partial charge < -0.3 is 4.98 Å². The van der Waals surface area contributed by atoms with Crippen molar-refractivity contribution >= 4 is 11.3 Å². The number of hydrogen-bond acceptors (Lipinski definition) is 0. The van der Waals surface area contributed by atoms with Crippen LogP contribution >= 0.6 is 0 Å². The predicted molar refractivity (Wildman–Crippen MR) is 93.9 cm³/mol. The van der Waals surface area contributed by atoms with Crippen LogP contribution in [0.5, 0.6) is 0 Å². The highest BCUT2D eigenvalue weighted by Gasteiger charge is 2.26. The highest BCUT2D eigenvalue weighted by atomic mass is 14.8. The van der Waals surface area contributed by atoms with Gasteiger partial charge in [-0.25, -0.2) is 4.99 Å². The molecule has 1 aromatic heterocycles. The van der Waals surface area contributed by atoms with E-state index < -0.39 is 0 Å². The molecule has 22 heavy (non-hydrogen) atoms. The second kappa shape index (κ2) is 5.42. The number of hydrogen-bond donors (Lipinski definition) is 2. The molecule has 3 rings (SSSR count). The minimum atomic E-state index is 1.17. The van der Waals surface area contributed by atoms with E-state index in [0.29, 0.717) is 0 Å². The van der Waals surface area contributed by atoms with Gasteiger partial charge >= 0.3 is 0 Å². The van der Waals surface area contributed by atoms with E-state index in [-0.39, 0.29) is 0 Å². The lowest BCUT2D eigenvalue weighted by molar-refractivity contribution is -0.389. The summed E-state index contributed by atoms with van der Waals surface area (Å²) in [7, 11) is 0. The van der Waals surface area contributed by atoms with Gasteiger partial charge in [0, 0.05) is 35.0 Å². The van der Waals surface area contributed by atoms with Crippen LogP contribution < -0.4 is 4.99 Å². The van der Waals surface area contributed by atoms with Crippen LogP contribution in [0.1, 0.15) is 62.5 Å². The fraction of sp³-hybridized carbons (Fsp3) is 0.450. The van der Waals surface area contributed by atoms with Gasteiger partial charge in [-0.3, -0.25) is 0 Å². The Hall–Kier alpha value is -1.83. The zero-order valence-corrected chi connectivity index (χ0v) is 14.7. The third kappa shape index (κ3) is 2.31. The molecule has 0 fully saturated rings. The SMILES string of the molecule is CC1=[NH+]C(=C2C=C(c3[nH]c(C)c(C)c3C)CCC2)C(C)=C1C. The van der Waals surface area contributed by atoms with Crippen molar-refractivity contribution in [3.8, 4) is 0 Å². The van der Waals surface area contributed by atoms with Crippen molar-refractivity contribution in [3.05, 3.63) is 51.0 Å². The number of aromatic nitrogens is 1. The van der Waals surface area contributed by atoms with E-state index >= 15 is 0 Å². The summed E-state index contributed by atoms with van der Waals surface area (Å²) < 4.78 is 0. The summed E-state index contributed by atoms with van der Waals surface area (Å²) in [4.78, 5) is 7.19. The summed E-state index contributed by atoms with van der Waals surface area (Å²) in [6.45, 7) is 13.2. The maximum Gasteiger partial charge on any atom is 0.210 e. The molecule has 2 heteroatoms. The number of H-pyrrole nitrogens is 1. The molecule has 0 saturated carbocycles. The van der Waals surface area contributed by atoms with Crippen molar-refractivity contribution in [2.24, 2.45) is 0 Å². The smallest absolute Gasteiger partial charge is 0.210 e. The first kappa shape index (κ1) is 15.1. The van der Waals surface area contributed by atoms with Gasteiger partial charge in [-0.05, 0) is 76.7 Å². The molecule has 0 spiro atoms. The standard InChI is InChI=1S/C20H26N2/c1-11-13(3)19(21-15(11)5)17-8-7-9-18(10-17)20-14(4)12(2)16(6)22-20/h10,21H,7-9H2,1-6H3/p+1. The van der Waals surface area contributed by atoms with Gasteiger partial charge in [0.15, 0.2) is 5.71 Å². The second-order valence-electron chi connectivity index (χ2n) is 6.80. The molecule has 0 radical (unpaired) electrons. The first-order valence-electron chi connectivity index (χ1n) is 8.28. The van der Waals surface area contributed by atoms with Crippen molar-refractivity contribution in [1.29, 1.82) is 0 Å². The summed E-state index contributed by atoms with van der Waals surface area (Å²) in [5.74, 6) is 0. The number of rotatable bonds is 1. The third-order valence-electron chi connectivity index (χ3n) is 5.51. The van der Waals surface area contributed by atoms with Crippen molar-refractivity contribution in [3.63, 3.8) is 0 Å². The number of aromatic amines is 1. The van der Waals surface area contributed by atoms with E-state index in [2.05, 4.69) is 57.6 Å². The summed E-state index contributed by atoms with van der Waals surface area (Å²) in [5.41, 5.74) is 13.8. The van der Waals surface area contributed by atoms with Crippen LogP contribution in [0, 0.1) is 20.8 Å². The van der Waals surface area contributed by atoms with Crippen LogP contribution in [0.4, 0.5) is 0 Å². The molecule has 0 amide bonds. The lowest BCUT2D eigenvalue weighted by Gasteiger charge is -2.15. The first-order chi connectivity index (χ1) is 10.4. The first-order valence-corrected chi connectivity index (χ1v) is 8.28. The Labute approximate surface area is 133 Å². The Kier molecular flexibility index (Phi) is 3.72. The number of nitrogens with one attached hydrogen (secondary N) is 2. The van der Waals surface area contributed by atoms with Crippen molar-refractivity contribution < 1.29 is 4.99 Å². The Bertz CT molecular complexity index is 764. The van der Waals surface area contributed by atoms with Gasteiger partial charge in [0.2, 0.25) is 5.70 Å². The van der Waals surface area contributed by atoms with Crippen LogP contribution in [-0.4, -0.2) is 10.7 Å². The quantitative estimate of drug-likeness (QED) is 0.792. The van der Waals surface area contributed by atoms with Gasteiger partial charge in [0.05, 0.1) is 0 Å². The average molecular weight is 295 g/mol. The average Bonchev–Trinajstić information content (AvgIpc) is 2.92. The van der Waals surface area contributed by atoms with Gasteiger partial charge in [0.25, 0.3) is 0 Å². The zero-order chi connectivity index (χ0) is 16.0. The third-order valence-corrected chi connectivity index (χ3v) is 5.51. The molecule has 0 unspecified atom stereocenters. The zero-order valence-electron chi connectivity index (χ0n) is 14.7. The fourth-order valence-electron chi connectivity index (χ4n) is 3.55. The van der Waals surface area contributed by atoms with Gasteiger partial charge in [-0.15, -0.1) is 0 Å². The van der Waals surface area contributed by atoms with Crippen LogP contribution in [0.3, 0.4) is 0 Å². The van der Waals surface area contributed by atoms with E-state index in [0.717, 1.165) is 0 Å². The van der Waals surface area contributed by atoms with Gasteiger partial charge in [-0.2, -0.15) is 0 Å². The molecule has 1 aliphatic carbocycles. The largest absolute Gasteiger partial charge is 0.358 e. The van der Waals surface area contributed by atoms with Crippen LogP contribution in [0.15, 0.2) is 28.5 Å². The van der Waals surface area contributed by atoms with Crippen molar-refractivity contribution in [1.82, 2.24) is 4.98 Å². The molecule has 0 atom stereocenters. The molecule has 2 nitrogen and oxygen atoms in total. The minimum absolute atomic E-state index is 1.17. The van der Waals surface area contributed by atoms with E-state index in [9.17, 15) is 0 Å². The Morgan fingerprint density at radius 3 is 2.18 bits per heavy atom. The molecule has 2 aliphatic rings. The molecular weight excluding hydrogens is 268 g/mol. The van der Waals surface area contributed by atoms with Crippen molar-refractivity contribution in [2.45, 2.75) is 60.8 Å². The summed E-state index contributed by atoms with van der Waals surface area (Å²) in [6.07, 6.45) is 5.98. The predicted octanol–water partition coefficient (Wildman–Crippen LogP) is 3.65. The number of allylic oxidation sites excluding steroid dienone is 5. The monoisotopic (exact) mass is 295 g/mol. The molecule has 2 heterocycles. The maximum absolute atomic E-state index is 3.59. The molecule has 1 aromatic rings. The maximum atomic E-state index is 3.59. The topological polar surface area (TPSA) is 29.8 Å². The Balaban J connectivity index is 2.09. The van der Waals surface area contributed by atoms with Crippen molar-refractivity contribution in [2.75, 3.05) is 0 Å². The summed E-state index contributed by atoms with van der Waals surface area (Å²) in [6, 6.07) is 0. The van der Waals surface area contributed by atoms with E-state index in [1.165, 1.54) is 75.5 Å². The second-order valence-corrected chi connectivity index (χ2v) is 6.80. The fourth-order valence-corrected chi connectivity index (χ4v) is 3.55. The Morgan fingerprint density at radius 1 is 0.909 bits per heavy atom. The van der Waals surface area contributed by atoms with E-state index in [1.54, 1.807) is 0 Å². The Morgan fingerprint density at radius 2 is 1.64 bits per heavy atom. The van der Waals surface area contributed by atoms with Gasteiger partial charge in [-0.1, -0.05) is 0 Å². The highest BCUT2D eigenvalue weighted by molar-refractivity contribution is 5.96. The highest BCUT2D eigenvalue weighted by Crippen LogP contribution is 2.34. The lowest BCUT2D eigenvalue weighted by atomic mass is 9.89. The normalized spacial score (nSPS) is 22.3. The minimum Gasteiger partial charge on any atom is -0.358 e. The molecule has 0 saturated heterocycles. The van der Waals surface area contributed by atoms with Crippen LogP contribution in [0.2, 0.25) is 0 Å².